The fraction of sp³-hybridized carbons (Fsp3) is 0.143. The molecule has 3 heterocycles. The van der Waals surface area contributed by atoms with E-state index in [1.807, 2.05) is 30.6 Å². The first-order chi connectivity index (χ1) is 9.74. The third-order valence-corrected chi connectivity index (χ3v) is 4.96. The molecule has 4 nitrogen and oxygen atoms in total. The van der Waals surface area contributed by atoms with Gasteiger partial charge in [-0.3, -0.25) is 0 Å². The molecule has 20 heavy (non-hydrogen) atoms. The van der Waals surface area contributed by atoms with Crippen LogP contribution in [0.15, 0.2) is 52.7 Å². The van der Waals surface area contributed by atoms with Gasteiger partial charge in [-0.05, 0) is 52.5 Å². The van der Waals surface area contributed by atoms with Crippen LogP contribution >= 0.6 is 27.3 Å². The van der Waals surface area contributed by atoms with E-state index in [0.29, 0.717) is 0 Å². The van der Waals surface area contributed by atoms with E-state index in [4.69, 9.17) is 0 Å². The highest BCUT2D eigenvalue weighted by atomic mass is 79.9. The second-order valence-corrected chi connectivity index (χ2v) is 6.16. The Labute approximate surface area is 129 Å². The predicted molar refractivity (Wildman–Crippen MR) is 85.4 cm³/mol. The van der Waals surface area contributed by atoms with E-state index in [0.717, 1.165) is 16.0 Å². The molecule has 102 valence electrons. The molecular formula is C14H13BrN4S. The topological polar surface area (TPSA) is 42.7 Å². The van der Waals surface area contributed by atoms with Crippen molar-refractivity contribution in [1.29, 1.82) is 0 Å². The quantitative estimate of drug-likeness (QED) is 0.765. The Morgan fingerprint density at radius 3 is 2.85 bits per heavy atom. The van der Waals surface area contributed by atoms with Gasteiger partial charge in [0.05, 0.1) is 17.9 Å². The maximum absolute atomic E-state index is 4.41. The average Bonchev–Trinajstić information content (AvgIpc) is 3.10. The first-order valence-electron chi connectivity index (χ1n) is 6.19. The molecule has 0 aliphatic rings. The normalized spacial score (nSPS) is 12.3. The molecule has 1 atom stereocenters. The van der Waals surface area contributed by atoms with Crippen molar-refractivity contribution in [2.45, 2.75) is 13.0 Å². The van der Waals surface area contributed by atoms with Gasteiger partial charge in [0.15, 0.2) is 5.82 Å². The third kappa shape index (κ3) is 2.76. The summed E-state index contributed by atoms with van der Waals surface area (Å²) < 4.78 is 2.88. The van der Waals surface area contributed by atoms with Crippen LogP contribution in [-0.2, 0) is 0 Å². The number of hydrogen-bond donors (Lipinski definition) is 1. The highest BCUT2D eigenvalue weighted by Crippen LogP contribution is 2.30. The van der Waals surface area contributed by atoms with Crippen molar-refractivity contribution in [2.24, 2.45) is 0 Å². The summed E-state index contributed by atoms with van der Waals surface area (Å²) >= 11 is 5.30. The zero-order chi connectivity index (χ0) is 13.9. The standard InChI is InChI=1S/C14H13BrN4S/c1-10(14-12(15)5-8-20-14)18-11-3-4-13(16-9-11)19-7-2-6-17-19/h2-10,18H,1H3. The summed E-state index contributed by atoms with van der Waals surface area (Å²) in [6.07, 6.45) is 5.44. The Balaban J connectivity index is 1.74. The van der Waals surface area contributed by atoms with Crippen LogP contribution in [0.1, 0.15) is 17.8 Å². The molecule has 3 rings (SSSR count). The Hall–Kier alpha value is -1.66. The van der Waals surface area contributed by atoms with E-state index < -0.39 is 0 Å². The van der Waals surface area contributed by atoms with Crippen molar-refractivity contribution < 1.29 is 0 Å². The lowest BCUT2D eigenvalue weighted by molar-refractivity contribution is 0.844. The van der Waals surface area contributed by atoms with Gasteiger partial charge < -0.3 is 5.32 Å². The lowest BCUT2D eigenvalue weighted by atomic mass is 10.2. The van der Waals surface area contributed by atoms with Crippen molar-refractivity contribution in [3.05, 3.63) is 57.6 Å². The summed E-state index contributed by atoms with van der Waals surface area (Å²) in [5, 5.41) is 9.68. The SMILES string of the molecule is CC(Nc1ccc(-n2cccn2)nc1)c1sccc1Br. The number of rotatable bonds is 4. The van der Waals surface area contributed by atoms with Crippen LogP contribution in [0.5, 0.6) is 0 Å². The lowest BCUT2D eigenvalue weighted by Gasteiger charge is -2.14. The van der Waals surface area contributed by atoms with E-state index in [2.05, 4.69) is 49.7 Å². The van der Waals surface area contributed by atoms with E-state index in [1.165, 1.54) is 4.88 Å². The van der Waals surface area contributed by atoms with Gasteiger partial charge in [0, 0.05) is 21.7 Å². The maximum Gasteiger partial charge on any atom is 0.153 e. The van der Waals surface area contributed by atoms with Gasteiger partial charge in [-0.2, -0.15) is 5.10 Å². The van der Waals surface area contributed by atoms with Crippen LogP contribution < -0.4 is 5.32 Å². The largest absolute Gasteiger partial charge is 0.376 e. The van der Waals surface area contributed by atoms with Gasteiger partial charge in [-0.25, -0.2) is 9.67 Å². The van der Waals surface area contributed by atoms with Crippen LogP contribution in [0.2, 0.25) is 0 Å². The van der Waals surface area contributed by atoms with Gasteiger partial charge in [-0.1, -0.05) is 0 Å². The van der Waals surface area contributed by atoms with Crippen molar-refractivity contribution in [2.75, 3.05) is 5.32 Å². The van der Waals surface area contributed by atoms with Crippen molar-refractivity contribution in [3.63, 3.8) is 0 Å². The molecule has 0 radical (unpaired) electrons. The summed E-state index contributed by atoms with van der Waals surface area (Å²) in [5.41, 5.74) is 0.994. The van der Waals surface area contributed by atoms with Crippen LogP contribution in [0.4, 0.5) is 5.69 Å². The fourth-order valence-corrected chi connectivity index (χ4v) is 3.67. The fourth-order valence-electron chi connectivity index (χ4n) is 1.94. The summed E-state index contributed by atoms with van der Waals surface area (Å²) in [6.45, 7) is 2.14. The van der Waals surface area contributed by atoms with Gasteiger partial charge in [0.2, 0.25) is 0 Å². The van der Waals surface area contributed by atoms with Gasteiger partial charge in [0.1, 0.15) is 0 Å². The summed E-state index contributed by atoms with van der Waals surface area (Å²) in [6, 6.07) is 8.15. The maximum atomic E-state index is 4.41. The van der Waals surface area contributed by atoms with Crippen molar-refractivity contribution >= 4 is 33.0 Å². The molecular weight excluding hydrogens is 336 g/mol. The Kier molecular flexibility index (Phi) is 3.84. The number of thiophene rings is 1. The second kappa shape index (κ2) is 5.76. The van der Waals surface area contributed by atoms with Gasteiger partial charge >= 0.3 is 0 Å². The number of pyridine rings is 1. The van der Waals surface area contributed by atoms with Crippen LogP contribution in [-0.4, -0.2) is 14.8 Å². The molecule has 3 aromatic rings. The molecule has 0 amide bonds. The monoisotopic (exact) mass is 348 g/mol. The van der Waals surface area contributed by atoms with Gasteiger partial charge in [0.25, 0.3) is 0 Å². The molecule has 0 spiro atoms. The molecule has 0 saturated heterocycles. The van der Waals surface area contributed by atoms with Gasteiger partial charge in [-0.15, -0.1) is 11.3 Å². The van der Waals surface area contributed by atoms with E-state index in [1.54, 1.807) is 22.2 Å². The second-order valence-electron chi connectivity index (χ2n) is 4.35. The predicted octanol–water partition coefficient (Wildman–Crippen LogP) is 4.26. The van der Waals surface area contributed by atoms with E-state index in [9.17, 15) is 0 Å². The smallest absolute Gasteiger partial charge is 0.153 e. The average molecular weight is 349 g/mol. The molecule has 0 aromatic carbocycles. The lowest BCUT2D eigenvalue weighted by Crippen LogP contribution is -2.06. The van der Waals surface area contributed by atoms with Crippen molar-refractivity contribution in [3.8, 4) is 5.82 Å². The number of anilines is 1. The molecule has 0 bridgehead atoms. The van der Waals surface area contributed by atoms with E-state index >= 15 is 0 Å². The summed E-state index contributed by atoms with van der Waals surface area (Å²) in [7, 11) is 0. The molecule has 0 saturated carbocycles. The molecule has 0 aliphatic carbocycles. The van der Waals surface area contributed by atoms with Crippen LogP contribution in [0.25, 0.3) is 5.82 Å². The Bertz CT molecular complexity index is 676. The number of halogens is 1. The molecule has 0 aliphatic heterocycles. The first-order valence-corrected chi connectivity index (χ1v) is 7.87. The van der Waals surface area contributed by atoms with Crippen LogP contribution in [0, 0.1) is 0 Å². The minimum Gasteiger partial charge on any atom is -0.376 e. The minimum atomic E-state index is 0.238. The molecule has 1 unspecified atom stereocenters. The highest BCUT2D eigenvalue weighted by Gasteiger charge is 2.10. The molecule has 1 N–H and O–H groups in total. The summed E-state index contributed by atoms with van der Waals surface area (Å²) in [5.74, 6) is 0.811. The van der Waals surface area contributed by atoms with E-state index in [-0.39, 0.29) is 6.04 Å². The van der Waals surface area contributed by atoms with Crippen LogP contribution in [0.3, 0.4) is 0 Å². The van der Waals surface area contributed by atoms with Crippen molar-refractivity contribution in [1.82, 2.24) is 14.8 Å². The first kappa shape index (κ1) is 13.3. The molecule has 3 aromatic heterocycles. The summed E-state index contributed by atoms with van der Waals surface area (Å²) in [4.78, 5) is 5.69. The number of aromatic nitrogens is 3. The third-order valence-electron chi connectivity index (χ3n) is 2.91. The Morgan fingerprint density at radius 1 is 1.35 bits per heavy atom. The minimum absolute atomic E-state index is 0.238. The Morgan fingerprint density at radius 2 is 2.25 bits per heavy atom. The molecule has 6 heteroatoms. The zero-order valence-corrected chi connectivity index (χ0v) is 13.2. The highest BCUT2D eigenvalue weighted by molar-refractivity contribution is 9.10. The number of nitrogens with zero attached hydrogens (tertiary/aromatic N) is 3. The zero-order valence-electron chi connectivity index (χ0n) is 10.8. The number of hydrogen-bond acceptors (Lipinski definition) is 4. The number of nitrogens with one attached hydrogen (secondary N) is 1. The molecule has 0 fully saturated rings.